The average molecular weight is 337 g/mol. The van der Waals surface area contributed by atoms with Crippen LogP contribution in [-0.4, -0.2) is 41.5 Å². The van der Waals surface area contributed by atoms with Crippen LogP contribution in [0.1, 0.15) is 17.0 Å². The van der Waals surface area contributed by atoms with Gasteiger partial charge in [-0.2, -0.15) is 0 Å². The van der Waals surface area contributed by atoms with Gasteiger partial charge in [-0.25, -0.2) is 4.98 Å². The van der Waals surface area contributed by atoms with Crippen molar-refractivity contribution in [2.24, 2.45) is 5.92 Å². The monoisotopic (exact) mass is 336 g/mol. The van der Waals surface area contributed by atoms with Crippen molar-refractivity contribution in [1.29, 1.82) is 0 Å². The van der Waals surface area contributed by atoms with Gasteiger partial charge in [0.2, 0.25) is 0 Å². The van der Waals surface area contributed by atoms with Crippen molar-refractivity contribution >= 4 is 28.6 Å². The van der Waals surface area contributed by atoms with Crippen molar-refractivity contribution < 1.29 is 0 Å². The standard InChI is InChI=1S/C16H21ClN4S/c1-12-16(22-11-19-12)10-20(2)8-13-4-6-21(9-13)15-3-5-18-7-14(15)17/h3,5,7,11,13H,4,6,8-10H2,1-2H3/t13-/m0/s1. The molecule has 2 aromatic heterocycles. The van der Waals surface area contributed by atoms with Gasteiger partial charge in [-0.3, -0.25) is 4.98 Å². The van der Waals surface area contributed by atoms with Crippen molar-refractivity contribution in [2.75, 3.05) is 31.6 Å². The minimum atomic E-state index is 0.683. The Morgan fingerprint density at radius 1 is 1.50 bits per heavy atom. The molecule has 6 heteroatoms. The summed E-state index contributed by atoms with van der Waals surface area (Å²) >= 11 is 8.00. The summed E-state index contributed by atoms with van der Waals surface area (Å²) < 4.78 is 0. The summed E-state index contributed by atoms with van der Waals surface area (Å²) in [4.78, 5) is 14.5. The molecule has 0 N–H and O–H groups in total. The number of hydrogen-bond acceptors (Lipinski definition) is 5. The lowest BCUT2D eigenvalue weighted by molar-refractivity contribution is 0.281. The highest BCUT2D eigenvalue weighted by Crippen LogP contribution is 2.29. The number of nitrogens with zero attached hydrogens (tertiary/aromatic N) is 4. The SMILES string of the molecule is Cc1ncsc1CN(C)C[C@@H]1CCN(c2ccncc2Cl)C1. The maximum atomic E-state index is 6.25. The predicted molar refractivity (Wildman–Crippen MR) is 92.8 cm³/mol. The molecule has 0 unspecified atom stereocenters. The summed E-state index contributed by atoms with van der Waals surface area (Å²) in [5.41, 5.74) is 4.20. The Labute approximate surface area is 140 Å². The summed E-state index contributed by atoms with van der Waals surface area (Å²) in [5.74, 6) is 0.683. The Bertz CT molecular complexity index is 630. The predicted octanol–water partition coefficient (Wildman–Crippen LogP) is 3.46. The lowest BCUT2D eigenvalue weighted by Gasteiger charge is -2.22. The zero-order chi connectivity index (χ0) is 15.5. The zero-order valence-corrected chi connectivity index (χ0v) is 14.6. The fraction of sp³-hybridized carbons (Fsp3) is 0.500. The van der Waals surface area contributed by atoms with Gasteiger partial charge in [-0.05, 0) is 32.4 Å². The third kappa shape index (κ3) is 3.59. The quantitative estimate of drug-likeness (QED) is 0.837. The van der Waals surface area contributed by atoms with Gasteiger partial charge in [0.25, 0.3) is 0 Å². The van der Waals surface area contributed by atoms with Crippen molar-refractivity contribution in [3.05, 3.63) is 39.6 Å². The Morgan fingerprint density at radius 3 is 3.09 bits per heavy atom. The van der Waals surface area contributed by atoms with Crippen LogP contribution < -0.4 is 4.90 Å². The molecule has 3 heterocycles. The lowest BCUT2D eigenvalue weighted by atomic mass is 10.1. The average Bonchev–Trinajstić information content (AvgIpc) is 3.10. The second kappa shape index (κ2) is 6.94. The van der Waals surface area contributed by atoms with Crippen LogP contribution in [0.15, 0.2) is 24.0 Å². The van der Waals surface area contributed by atoms with Crippen LogP contribution in [0.4, 0.5) is 5.69 Å². The molecule has 1 saturated heterocycles. The second-order valence-electron chi connectivity index (χ2n) is 5.99. The molecule has 1 fully saturated rings. The van der Waals surface area contributed by atoms with Crippen molar-refractivity contribution in [1.82, 2.24) is 14.9 Å². The Balaban J connectivity index is 1.55. The summed E-state index contributed by atoms with van der Waals surface area (Å²) in [6, 6.07) is 2.01. The Morgan fingerprint density at radius 2 is 2.36 bits per heavy atom. The van der Waals surface area contributed by atoms with Gasteiger partial charge in [-0.15, -0.1) is 11.3 Å². The van der Waals surface area contributed by atoms with Crippen LogP contribution in [0.3, 0.4) is 0 Å². The molecular weight excluding hydrogens is 316 g/mol. The minimum absolute atomic E-state index is 0.683. The van der Waals surface area contributed by atoms with E-state index in [-0.39, 0.29) is 0 Å². The molecule has 118 valence electrons. The van der Waals surface area contributed by atoms with Crippen molar-refractivity contribution in [3.8, 4) is 0 Å². The molecule has 1 aliphatic rings. The maximum Gasteiger partial charge on any atom is 0.0822 e. The van der Waals surface area contributed by atoms with E-state index in [1.165, 1.54) is 11.3 Å². The van der Waals surface area contributed by atoms with E-state index in [0.29, 0.717) is 5.92 Å². The fourth-order valence-electron chi connectivity index (χ4n) is 3.05. The third-order valence-corrected chi connectivity index (χ3v) is 5.42. The number of aryl methyl sites for hydroxylation is 1. The van der Waals surface area contributed by atoms with E-state index in [4.69, 9.17) is 11.6 Å². The highest BCUT2D eigenvalue weighted by atomic mass is 35.5. The summed E-state index contributed by atoms with van der Waals surface area (Å²) in [6.45, 7) is 6.32. The van der Waals surface area contributed by atoms with Crippen LogP contribution >= 0.6 is 22.9 Å². The van der Waals surface area contributed by atoms with Gasteiger partial charge < -0.3 is 9.80 Å². The Kier molecular flexibility index (Phi) is 4.96. The first-order valence-corrected chi connectivity index (χ1v) is 8.81. The van der Waals surface area contributed by atoms with Gasteiger partial charge in [-0.1, -0.05) is 11.6 Å². The first-order valence-electron chi connectivity index (χ1n) is 7.55. The van der Waals surface area contributed by atoms with Crippen LogP contribution in [0, 0.1) is 12.8 Å². The summed E-state index contributed by atoms with van der Waals surface area (Å²) in [5, 5.41) is 0.747. The van der Waals surface area contributed by atoms with E-state index in [0.717, 1.165) is 42.6 Å². The number of halogens is 1. The topological polar surface area (TPSA) is 32.3 Å². The molecule has 0 spiro atoms. The van der Waals surface area contributed by atoms with Gasteiger partial charge >= 0.3 is 0 Å². The van der Waals surface area contributed by atoms with E-state index in [2.05, 4.69) is 33.7 Å². The van der Waals surface area contributed by atoms with Gasteiger partial charge in [0.05, 0.1) is 21.9 Å². The van der Waals surface area contributed by atoms with E-state index in [9.17, 15) is 0 Å². The summed E-state index contributed by atoms with van der Waals surface area (Å²) in [7, 11) is 2.20. The normalized spacial score (nSPS) is 18.4. The number of rotatable bonds is 5. The number of pyridine rings is 1. The fourth-order valence-corrected chi connectivity index (χ4v) is 4.15. The van der Waals surface area contributed by atoms with Gasteiger partial charge in [0.1, 0.15) is 0 Å². The molecule has 0 aliphatic carbocycles. The molecule has 1 aliphatic heterocycles. The first-order chi connectivity index (χ1) is 10.6. The molecule has 0 radical (unpaired) electrons. The summed E-state index contributed by atoms with van der Waals surface area (Å²) in [6.07, 6.45) is 4.75. The van der Waals surface area contributed by atoms with Gasteiger partial charge in [0, 0.05) is 43.4 Å². The smallest absolute Gasteiger partial charge is 0.0822 e. The number of thiazole rings is 1. The van der Waals surface area contributed by atoms with Crippen LogP contribution in [-0.2, 0) is 6.54 Å². The molecule has 1 atom stereocenters. The van der Waals surface area contributed by atoms with E-state index < -0.39 is 0 Å². The van der Waals surface area contributed by atoms with Gasteiger partial charge in [0.15, 0.2) is 0 Å². The second-order valence-corrected chi connectivity index (χ2v) is 7.33. The Hall–Kier alpha value is -1.17. The molecular formula is C16H21ClN4S. The highest BCUT2D eigenvalue weighted by Gasteiger charge is 2.25. The maximum absolute atomic E-state index is 6.25. The molecule has 0 bridgehead atoms. The molecule has 2 aromatic rings. The largest absolute Gasteiger partial charge is 0.370 e. The van der Waals surface area contributed by atoms with E-state index in [1.54, 1.807) is 17.5 Å². The van der Waals surface area contributed by atoms with Crippen LogP contribution in [0.25, 0.3) is 0 Å². The van der Waals surface area contributed by atoms with E-state index >= 15 is 0 Å². The first kappa shape index (κ1) is 15.7. The van der Waals surface area contributed by atoms with Crippen LogP contribution in [0.5, 0.6) is 0 Å². The minimum Gasteiger partial charge on any atom is -0.370 e. The van der Waals surface area contributed by atoms with Crippen LogP contribution in [0.2, 0.25) is 5.02 Å². The van der Waals surface area contributed by atoms with E-state index in [1.807, 2.05) is 17.8 Å². The third-order valence-electron chi connectivity index (χ3n) is 4.21. The number of hydrogen-bond donors (Lipinski definition) is 0. The lowest BCUT2D eigenvalue weighted by Crippen LogP contribution is -2.28. The molecule has 0 aromatic carbocycles. The molecule has 3 rings (SSSR count). The highest BCUT2D eigenvalue weighted by molar-refractivity contribution is 7.09. The number of anilines is 1. The molecule has 0 amide bonds. The molecule has 22 heavy (non-hydrogen) atoms. The molecule has 0 saturated carbocycles. The van der Waals surface area contributed by atoms with Crippen molar-refractivity contribution in [2.45, 2.75) is 19.9 Å². The van der Waals surface area contributed by atoms with Crippen molar-refractivity contribution in [3.63, 3.8) is 0 Å². The molecule has 4 nitrogen and oxygen atoms in total. The number of aromatic nitrogens is 2. The zero-order valence-electron chi connectivity index (χ0n) is 13.0.